The van der Waals surface area contributed by atoms with Crippen molar-refractivity contribution in [1.29, 1.82) is 0 Å². The summed E-state index contributed by atoms with van der Waals surface area (Å²) >= 11 is 6.08. The summed E-state index contributed by atoms with van der Waals surface area (Å²) in [5, 5.41) is 9.18. The molecule has 0 unspecified atom stereocenters. The quantitative estimate of drug-likeness (QED) is 0.630. The Morgan fingerprint density at radius 2 is 1.68 bits per heavy atom. The lowest BCUT2D eigenvalue weighted by Gasteiger charge is -2.33. The first-order valence-corrected chi connectivity index (χ1v) is 9.73. The second kappa shape index (κ2) is 8.73. The van der Waals surface area contributed by atoms with E-state index in [1.54, 1.807) is 7.11 Å². The van der Waals surface area contributed by atoms with Crippen molar-refractivity contribution in [3.8, 4) is 17.2 Å². The second-order valence-corrected chi connectivity index (χ2v) is 7.35. The number of methoxy groups -OCH3 is 1. The SMILES string of the molecule is COc1ccc(-c2nnc(CN3CCN(Cc4cccc(Cl)c4)CC3)o2)cc1. The predicted octanol–water partition coefficient (Wildman–Crippen LogP) is 3.72. The zero-order valence-electron chi connectivity index (χ0n) is 15.8. The molecule has 1 fully saturated rings. The summed E-state index contributed by atoms with van der Waals surface area (Å²) in [5.41, 5.74) is 2.15. The highest BCUT2D eigenvalue weighted by molar-refractivity contribution is 6.30. The van der Waals surface area contributed by atoms with Gasteiger partial charge in [-0.25, -0.2) is 0 Å². The second-order valence-electron chi connectivity index (χ2n) is 6.91. The first-order valence-electron chi connectivity index (χ1n) is 9.35. The molecule has 1 aliphatic heterocycles. The van der Waals surface area contributed by atoms with E-state index < -0.39 is 0 Å². The van der Waals surface area contributed by atoms with Crippen LogP contribution in [0.5, 0.6) is 5.75 Å². The maximum Gasteiger partial charge on any atom is 0.247 e. The van der Waals surface area contributed by atoms with Crippen LogP contribution in [0.1, 0.15) is 11.5 Å². The van der Waals surface area contributed by atoms with Gasteiger partial charge in [-0.15, -0.1) is 10.2 Å². The lowest BCUT2D eigenvalue weighted by Crippen LogP contribution is -2.45. The van der Waals surface area contributed by atoms with Gasteiger partial charge in [0.1, 0.15) is 5.75 Å². The van der Waals surface area contributed by atoms with Crippen LogP contribution in [0.4, 0.5) is 0 Å². The standard InChI is InChI=1S/C21H23ClN4O2/c1-27-19-7-5-17(6-8-19)21-24-23-20(28-21)15-26-11-9-25(10-12-26)14-16-3-2-4-18(22)13-16/h2-8,13H,9-12,14-15H2,1H3. The van der Waals surface area contributed by atoms with Gasteiger partial charge in [0.25, 0.3) is 0 Å². The Morgan fingerprint density at radius 3 is 2.36 bits per heavy atom. The number of rotatable bonds is 6. The van der Waals surface area contributed by atoms with Crippen molar-refractivity contribution >= 4 is 11.6 Å². The van der Waals surface area contributed by atoms with Crippen LogP contribution in [0.3, 0.4) is 0 Å². The number of halogens is 1. The van der Waals surface area contributed by atoms with Crippen molar-refractivity contribution in [1.82, 2.24) is 20.0 Å². The molecule has 2 aromatic carbocycles. The van der Waals surface area contributed by atoms with Gasteiger partial charge >= 0.3 is 0 Å². The summed E-state index contributed by atoms with van der Waals surface area (Å²) in [6, 6.07) is 15.7. The van der Waals surface area contributed by atoms with Crippen molar-refractivity contribution in [2.75, 3.05) is 33.3 Å². The van der Waals surface area contributed by atoms with Crippen molar-refractivity contribution in [3.63, 3.8) is 0 Å². The third-order valence-corrected chi connectivity index (χ3v) is 5.16. The molecule has 4 rings (SSSR count). The Hall–Kier alpha value is -2.41. The Bertz CT molecular complexity index is 905. The Kier molecular flexibility index (Phi) is 5.90. The minimum Gasteiger partial charge on any atom is -0.497 e. The van der Waals surface area contributed by atoms with E-state index >= 15 is 0 Å². The first kappa shape index (κ1) is 18.9. The molecule has 0 radical (unpaired) electrons. The van der Waals surface area contributed by atoms with Crippen LogP contribution < -0.4 is 4.74 Å². The highest BCUT2D eigenvalue weighted by Crippen LogP contribution is 2.22. The largest absolute Gasteiger partial charge is 0.497 e. The Labute approximate surface area is 169 Å². The Balaban J connectivity index is 1.29. The molecule has 0 atom stereocenters. The summed E-state index contributed by atoms with van der Waals surface area (Å²) < 4.78 is 11.0. The minimum atomic E-state index is 0.539. The van der Waals surface area contributed by atoms with E-state index in [2.05, 4.69) is 26.1 Å². The number of benzene rings is 2. The summed E-state index contributed by atoms with van der Waals surface area (Å²) in [4.78, 5) is 4.79. The van der Waals surface area contributed by atoms with Crippen molar-refractivity contribution < 1.29 is 9.15 Å². The normalized spacial score (nSPS) is 15.6. The van der Waals surface area contributed by atoms with Crippen LogP contribution in [0.15, 0.2) is 52.9 Å². The summed E-state index contributed by atoms with van der Waals surface area (Å²) in [6.07, 6.45) is 0. The average molecular weight is 399 g/mol. The number of ether oxygens (including phenoxy) is 1. The van der Waals surface area contributed by atoms with Crippen LogP contribution in [0.2, 0.25) is 5.02 Å². The van der Waals surface area contributed by atoms with Gasteiger partial charge in [0, 0.05) is 43.3 Å². The van der Waals surface area contributed by atoms with Crippen molar-refractivity contribution in [3.05, 3.63) is 65.0 Å². The lowest BCUT2D eigenvalue weighted by atomic mass is 10.2. The molecular weight excluding hydrogens is 376 g/mol. The number of piperazine rings is 1. The molecule has 1 aromatic heterocycles. The molecule has 0 spiro atoms. The number of hydrogen-bond donors (Lipinski definition) is 0. The van der Waals surface area contributed by atoms with E-state index in [0.717, 1.165) is 49.1 Å². The molecule has 0 bridgehead atoms. The molecule has 1 saturated heterocycles. The Morgan fingerprint density at radius 1 is 0.964 bits per heavy atom. The van der Waals surface area contributed by atoms with Gasteiger partial charge in [-0.2, -0.15) is 0 Å². The van der Waals surface area contributed by atoms with Gasteiger partial charge in [-0.05, 0) is 42.0 Å². The van der Waals surface area contributed by atoms with Crippen LogP contribution in [0, 0.1) is 0 Å². The fourth-order valence-corrected chi connectivity index (χ4v) is 3.57. The van der Waals surface area contributed by atoms with Crippen molar-refractivity contribution in [2.24, 2.45) is 0 Å². The molecule has 2 heterocycles. The molecule has 3 aromatic rings. The van der Waals surface area contributed by atoms with Gasteiger partial charge in [-0.1, -0.05) is 23.7 Å². The van der Waals surface area contributed by atoms with Gasteiger partial charge in [0.2, 0.25) is 11.8 Å². The van der Waals surface area contributed by atoms with Gasteiger partial charge in [0.05, 0.1) is 13.7 Å². The molecular formula is C21H23ClN4O2. The third-order valence-electron chi connectivity index (χ3n) is 4.92. The van der Waals surface area contributed by atoms with E-state index in [1.165, 1.54) is 5.56 Å². The number of hydrogen-bond acceptors (Lipinski definition) is 6. The predicted molar refractivity (Wildman–Crippen MR) is 108 cm³/mol. The molecule has 0 N–H and O–H groups in total. The molecule has 0 amide bonds. The molecule has 28 heavy (non-hydrogen) atoms. The fraction of sp³-hybridized carbons (Fsp3) is 0.333. The van der Waals surface area contributed by atoms with Gasteiger partial charge in [0.15, 0.2) is 0 Å². The molecule has 146 valence electrons. The molecule has 0 saturated carbocycles. The van der Waals surface area contributed by atoms with E-state index in [4.69, 9.17) is 20.8 Å². The van der Waals surface area contributed by atoms with Crippen LogP contribution >= 0.6 is 11.6 Å². The fourth-order valence-electron chi connectivity index (χ4n) is 3.36. The van der Waals surface area contributed by atoms with E-state index in [9.17, 15) is 0 Å². The van der Waals surface area contributed by atoms with Crippen LogP contribution in [-0.4, -0.2) is 53.3 Å². The smallest absolute Gasteiger partial charge is 0.247 e. The topological polar surface area (TPSA) is 54.6 Å². The monoisotopic (exact) mass is 398 g/mol. The molecule has 7 heteroatoms. The maximum absolute atomic E-state index is 6.08. The average Bonchev–Trinajstić information content (AvgIpc) is 3.18. The summed E-state index contributed by atoms with van der Waals surface area (Å²) in [5.74, 6) is 1.99. The van der Waals surface area contributed by atoms with Crippen LogP contribution in [0.25, 0.3) is 11.5 Å². The van der Waals surface area contributed by atoms with E-state index in [0.29, 0.717) is 18.3 Å². The van der Waals surface area contributed by atoms with E-state index in [1.807, 2.05) is 42.5 Å². The number of nitrogens with zero attached hydrogens (tertiary/aromatic N) is 4. The zero-order valence-corrected chi connectivity index (χ0v) is 16.6. The first-order chi connectivity index (χ1) is 13.7. The molecule has 0 aliphatic carbocycles. The van der Waals surface area contributed by atoms with Gasteiger partial charge < -0.3 is 9.15 Å². The number of aromatic nitrogens is 2. The highest BCUT2D eigenvalue weighted by Gasteiger charge is 2.19. The summed E-state index contributed by atoms with van der Waals surface area (Å²) in [7, 11) is 1.65. The van der Waals surface area contributed by atoms with Gasteiger partial charge in [-0.3, -0.25) is 9.80 Å². The zero-order chi connectivity index (χ0) is 19.3. The third kappa shape index (κ3) is 4.70. The molecule has 6 nitrogen and oxygen atoms in total. The lowest BCUT2D eigenvalue weighted by molar-refractivity contribution is 0.114. The summed E-state index contributed by atoms with van der Waals surface area (Å²) in [6.45, 7) is 5.56. The highest BCUT2D eigenvalue weighted by atomic mass is 35.5. The molecule has 1 aliphatic rings. The van der Waals surface area contributed by atoms with Crippen molar-refractivity contribution in [2.45, 2.75) is 13.1 Å². The minimum absolute atomic E-state index is 0.539. The van der Waals surface area contributed by atoms with E-state index in [-0.39, 0.29) is 0 Å². The van der Waals surface area contributed by atoms with Crippen LogP contribution in [-0.2, 0) is 13.1 Å². The maximum atomic E-state index is 6.08.